The van der Waals surface area contributed by atoms with E-state index < -0.39 is 36.4 Å². The first kappa shape index (κ1) is 56.9. The molecule has 0 fully saturated rings. The lowest BCUT2D eigenvalue weighted by atomic mass is 9.95. The molecule has 0 aromatic heterocycles. The van der Waals surface area contributed by atoms with Crippen molar-refractivity contribution in [3.8, 4) is 11.5 Å². The zero-order valence-corrected chi connectivity index (χ0v) is 42.2. The third-order valence-electron chi connectivity index (χ3n) is 11.3. The van der Waals surface area contributed by atoms with Crippen molar-refractivity contribution in [2.24, 2.45) is 0 Å². The molecule has 6 rings (SSSR count). The van der Waals surface area contributed by atoms with E-state index in [0.29, 0.717) is 13.2 Å². The van der Waals surface area contributed by atoms with Crippen molar-refractivity contribution in [3.63, 3.8) is 0 Å². The van der Waals surface area contributed by atoms with Crippen LogP contribution in [0.15, 0.2) is 170 Å². The third-order valence-corrected chi connectivity index (χ3v) is 12.1. The molecule has 374 valence electrons. The van der Waals surface area contributed by atoms with Crippen molar-refractivity contribution in [1.82, 2.24) is 9.80 Å². The summed E-state index contributed by atoms with van der Waals surface area (Å²) in [7, 11) is 0. The minimum absolute atomic E-state index is 0.688. The summed E-state index contributed by atoms with van der Waals surface area (Å²) in [5.41, 5.74) is 5.65. The average Bonchev–Trinajstić information content (AvgIpc) is 3.38. The number of carbonyl (C=O) groups is 3. The molecule has 0 heterocycles. The second-order valence-corrected chi connectivity index (χ2v) is 16.9. The van der Waals surface area contributed by atoms with E-state index in [1.165, 1.54) is 0 Å². The van der Waals surface area contributed by atoms with E-state index in [1.807, 2.05) is 121 Å². The molecule has 0 atom stereocenters. The lowest BCUT2D eigenvalue weighted by Gasteiger charge is -2.18. The van der Waals surface area contributed by atoms with Gasteiger partial charge in [0, 0.05) is 24.2 Å². The Bertz CT molecular complexity index is 2410. The summed E-state index contributed by atoms with van der Waals surface area (Å²) in [6.45, 7) is 16.1. The first-order chi connectivity index (χ1) is 34.2. The van der Waals surface area contributed by atoms with Gasteiger partial charge in [-0.2, -0.15) is 0 Å². The quantitative estimate of drug-likeness (QED) is 0.0453. The van der Waals surface area contributed by atoms with E-state index in [4.69, 9.17) is 53.1 Å². The minimum Gasteiger partial charge on any atom is -0.492 e. The molecular formula is C58H64Cl2N2O9. The smallest absolute Gasteiger partial charge is 0.336 e. The van der Waals surface area contributed by atoms with E-state index in [9.17, 15) is 14.4 Å². The van der Waals surface area contributed by atoms with Gasteiger partial charge in [-0.1, -0.05) is 196 Å². The van der Waals surface area contributed by atoms with Gasteiger partial charge < -0.3 is 39.7 Å². The SMILES string of the molecule is CCN(CC)CCOc1ccc(/C(=C(/Cl)c2ccccc2)c2ccccc2)cc1.CCN(CC)CCOc1ccc(C(=C(Cl)c2ccccc2)c2ccccc2)cc1.O=C(O)CC(O)(CC(=O)O)C(=O)O. The fourth-order valence-corrected chi connectivity index (χ4v) is 8.01. The number of ether oxygens (including phenoxy) is 2. The standard InChI is InChI=1S/2C26H28ClNO.C6H8O7/c2*1-3-28(4-2)19-20-29-24-17-15-22(16-18-24)25(21-11-7-5-8-12-21)26(27)23-13-9-6-10-14-23;7-3(8)1-6(13,5(11)12)2-4(9)10/h2*5-18H,3-4,19-20H2,1-2H3;13H,1-2H2,(H,7,8)(H,9,10)(H,11,12)/b26-25+;;. The van der Waals surface area contributed by atoms with Crippen LogP contribution in [0.25, 0.3) is 21.2 Å². The maximum absolute atomic E-state index is 10.3. The van der Waals surface area contributed by atoms with E-state index in [1.54, 1.807) is 0 Å². The number of aliphatic hydroxyl groups is 1. The van der Waals surface area contributed by atoms with Gasteiger partial charge in [-0.3, -0.25) is 9.59 Å². The molecule has 0 aliphatic rings. The molecule has 4 N–H and O–H groups in total. The Morgan fingerprint density at radius 2 is 0.704 bits per heavy atom. The fraction of sp³-hybridized carbons (Fsp3) is 0.259. The number of nitrogens with zero attached hydrogens (tertiary/aromatic N) is 2. The first-order valence-electron chi connectivity index (χ1n) is 23.5. The van der Waals surface area contributed by atoms with Crippen molar-refractivity contribution in [1.29, 1.82) is 0 Å². The Labute approximate surface area is 427 Å². The highest BCUT2D eigenvalue weighted by Crippen LogP contribution is 2.37. The number of carboxylic acids is 3. The van der Waals surface area contributed by atoms with Crippen LogP contribution in [0.2, 0.25) is 0 Å². The summed E-state index contributed by atoms with van der Waals surface area (Å²) in [6.07, 6.45) is -2.29. The van der Waals surface area contributed by atoms with Crippen LogP contribution in [0, 0.1) is 0 Å². The normalized spacial score (nSPS) is 11.8. The number of halogens is 2. The van der Waals surface area contributed by atoms with Crippen molar-refractivity contribution >= 4 is 62.3 Å². The van der Waals surface area contributed by atoms with Gasteiger partial charge in [-0.15, -0.1) is 0 Å². The van der Waals surface area contributed by atoms with Crippen LogP contribution in [-0.2, 0) is 14.4 Å². The summed E-state index contributed by atoms with van der Waals surface area (Å²) in [5.74, 6) is -3.26. The Balaban J connectivity index is 0.000000249. The molecule has 0 radical (unpaired) electrons. The predicted octanol–water partition coefficient (Wildman–Crippen LogP) is 11.9. The van der Waals surface area contributed by atoms with Gasteiger partial charge in [0.05, 0.1) is 22.9 Å². The summed E-state index contributed by atoms with van der Waals surface area (Å²) in [4.78, 5) is 35.2. The summed E-state index contributed by atoms with van der Waals surface area (Å²) >= 11 is 13.7. The second kappa shape index (κ2) is 30.1. The average molecular weight is 1000 g/mol. The number of benzene rings is 6. The van der Waals surface area contributed by atoms with Gasteiger partial charge in [-0.05, 0) is 83.8 Å². The maximum atomic E-state index is 10.3. The molecule has 0 saturated heterocycles. The largest absolute Gasteiger partial charge is 0.492 e. The van der Waals surface area contributed by atoms with Gasteiger partial charge >= 0.3 is 17.9 Å². The van der Waals surface area contributed by atoms with Gasteiger partial charge in [0.15, 0.2) is 5.60 Å². The van der Waals surface area contributed by atoms with E-state index in [-0.39, 0.29) is 0 Å². The number of likely N-dealkylation sites (N-methyl/N-ethyl adjacent to an activating group) is 2. The molecule has 0 spiro atoms. The van der Waals surface area contributed by atoms with Gasteiger partial charge in [-0.25, -0.2) is 4.79 Å². The van der Waals surface area contributed by atoms with Crippen molar-refractivity contribution in [3.05, 3.63) is 203 Å². The number of carboxylic acid groups (broad SMARTS) is 3. The summed E-state index contributed by atoms with van der Waals surface area (Å²) in [5, 5.41) is 35.3. The molecule has 0 saturated carbocycles. The van der Waals surface area contributed by atoms with Crippen LogP contribution >= 0.6 is 23.2 Å². The number of aliphatic carboxylic acids is 3. The number of rotatable bonds is 23. The van der Waals surface area contributed by atoms with E-state index in [2.05, 4.69) is 86.0 Å². The zero-order chi connectivity index (χ0) is 51.6. The summed E-state index contributed by atoms with van der Waals surface area (Å²) in [6, 6.07) is 57.2. The van der Waals surface area contributed by atoms with Crippen LogP contribution in [0.1, 0.15) is 73.9 Å². The second-order valence-electron chi connectivity index (χ2n) is 16.1. The highest BCUT2D eigenvalue weighted by molar-refractivity contribution is 6.53. The lowest BCUT2D eigenvalue weighted by Crippen LogP contribution is -2.42. The molecule has 0 amide bonds. The molecule has 13 heteroatoms. The Kier molecular flexibility index (Phi) is 24.1. The topological polar surface area (TPSA) is 157 Å². The highest BCUT2D eigenvalue weighted by Gasteiger charge is 2.40. The van der Waals surface area contributed by atoms with Gasteiger partial charge in [0.2, 0.25) is 0 Å². The monoisotopic (exact) mass is 1000 g/mol. The van der Waals surface area contributed by atoms with E-state index in [0.717, 1.165) is 105 Å². The molecule has 0 aliphatic carbocycles. The molecule has 0 unspecified atom stereocenters. The molecule has 6 aromatic carbocycles. The predicted molar refractivity (Wildman–Crippen MR) is 286 cm³/mol. The number of hydrogen-bond donors (Lipinski definition) is 4. The van der Waals surface area contributed by atoms with Crippen molar-refractivity contribution in [2.45, 2.75) is 46.1 Å². The van der Waals surface area contributed by atoms with Crippen molar-refractivity contribution in [2.75, 3.05) is 52.5 Å². The number of hydrogen-bond acceptors (Lipinski definition) is 8. The van der Waals surface area contributed by atoms with Gasteiger partial charge in [0.25, 0.3) is 0 Å². The van der Waals surface area contributed by atoms with Crippen LogP contribution in [0.4, 0.5) is 0 Å². The molecular weight excluding hydrogens is 940 g/mol. The van der Waals surface area contributed by atoms with Crippen LogP contribution in [0.3, 0.4) is 0 Å². The molecule has 71 heavy (non-hydrogen) atoms. The molecule has 0 bridgehead atoms. The Morgan fingerprint density at radius 3 is 0.958 bits per heavy atom. The minimum atomic E-state index is -2.74. The molecule has 11 nitrogen and oxygen atoms in total. The van der Waals surface area contributed by atoms with Crippen LogP contribution in [0.5, 0.6) is 11.5 Å². The van der Waals surface area contributed by atoms with Crippen LogP contribution in [-0.4, -0.2) is 106 Å². The zero-order valence-electron chi connectivity index (χ0n) is 40.7. The van der Waals surface area contributed by atoms with Gasteiger partial charge in [0.1, 0.15) is 24.7 Å². The highest BCUT2D eigenvalue weighted by atomic mass is 35.5. The Morgan fingerprint density at radius 1 is 0.437 bits per heavy atom. The lowest BCUT2D eigenvalue weighted by molar-refractivity contribution is -0.170. The molecule has 6 aromatic rings. The first-order valence-corrected chi connectivity index (χ1v) is 24.3. The maximum Gasteiger partial charge on any atom is 0.336 e. The summed E-state index contributed by atoms with van der Waals surface area (Å²) < 4.78 is 11.9. The Hall–Kier alpha value is -6.73. The van der Waals surface area contributed by atoms with Crippen LogP contribution < -0.4 is 9.47 Å². The fourth-order valence-electron chi connectivity index (χ4n) is 7.32. The third kappa shape index (κ3) is 18.5. The van der Waals surface area contributed by atoms with E-state index >= 15 is 0 Å². The van der Waals surface area contributed by atoms with Crippen molar-refractivity contribution < 1.29 is 44.3 Å². The molecule has 0 aliphatic heterocycles.